The summed E-state index contributed by atoms with van der Waals surface area (Å²) in [5.74, 6) is 0.717. The van der Waals surface area contributed by atoms with Crippen molar-refractivity contribution in [1.29, 1.82) is 0 Å². The van der Waals surface area contributed by atoms with E-state index in [1.54, 1.807) is 12.1 Å². The lowest BCUT2D eigenvalue weighted by atomic mass is 9.59. The number of unbranched alkanes of at least 4 members (excludes halogenated alkanes) is 1. The van der Waals surface area contributed by atoms with Gasteiger partial charge in [0.15, 0.2) is 17.9 Å². The topological polar surface area (TPSA) is 7.76 Å². The molecule has 1 aliphatic heterocycles. The lowest BCUT2D eigenvalue weighted by Gasteiger charge is -2.48. The Morgan fingerprint density at radius 3 is 2.12 bits per heavy atom. The fourth-order valence-corrected chi connectivity index (χ4v) is 12.5. The Bertz CT molecular complexity index is 2630. The summed E-state index contributed by atoms with van der Waals surface area (Å²) >= 11 is 0. The van der Waals surface area contributed by atoms with Crippen molar-refractivity contribution in [1.82, 2.24) is 0 Å². The molecular formula is C53H60F2N2+2. The van der Waals surface area contributed by atoms with E-state index in [2.05, 4.69) is 145 Å². The van der Waals surface area contributed by atoms with Gasteiger partial charge in [-0.15, -0.1) is 0 Å². The van der Waals surface area contributed by atoms with Crippen molar-refractivity contribution in [3.8, 4) is 22.5 Å². The van der Waals surface area contributed by atoms with Gasteiger partial charge in [-0.05, 0) is 88.7 Å². The minimum Gasteiger partial charge on any atom is -0.207 e. The molecular weight excluding hydrogens is 703 g/mol. The molecule has 2 nitrogen and oxygen atoms in total. The van der Waals surface area contributed by atoms with Crippen LogP contribution in [0.5, 0.6) is 0 Å². The lowest BCUT2D eigenvalue weighted by Crippen LogP contribution is -2.66. The first-order valence-corrected chi connectivity index (χ1v) is 21.8. The predicted molar refractivity (Wildman–Crippen MR) is 231 cm³/mol. The maximum absolute atomic E-state index is 16.8. The van der Waals surface area contributed by atoms with Gasteiger partial charge in [-0.25, -0.2) is 13.3 Å². The Kier molecular flexibility index (Phi) is 8.89. The Morgan fingerprint density at radius 2 is 1.40 bits per heavy atom. The summed E-state index contributed by atoms with van der Waals surface area (Å²) in [6, 6.07) is 23.5. The smallest absolute Gasteiger partial charge is 0.207 e. The first kappa shape index (κ1) is 38.1. The number of aromatic nitrogens is 2. The molecule has 3 aliphatic rings. The van der Waals surface area contributed by atoms with Crippen LogP contribution in [0.2, 0.25) is 0 Å². The molecule has 294 valence electrons. The quantitative estimate of drug-likeness (QED) is 0.123. The van der Waals surface area contributed by atoms with E-state index in [1.165, 1.54) is 55.1 Å². The number of halogens is 2. The fourth-order valence-electron chi connectivity index (χ4n) is 12.5. The lowest BCUT2D eigenvalue weighted by molar-refractivity contribution is -0.769. The van der Waals surface area contributed by atoms with Gasteiger partial charge in [0, 0.05) is 46.4 Å². The number of hydrogen-bond donors (Lipinski definition) is 0. The summed E-state index contributed by atoms with van der Waals surface area (Å²) in [6.07, 6.45) is 11.5. The van der Waals surface area contributed by atoms with Crippen LogP contribution < -0.4 is 9.13 Å². The van der Waals surface area contributed by atoms with Gasteiger partial charge in [0.2, 0.25) is 11.4 Å². The van der Waals surface area contributed by atoms with Gasteiger partial charge >= 0.3 is 0 Å². The minimum absolute atomic E-state index is 0.107. The summed E-state index contributed by atoms with van der Waals surface area (Å²) in [7, 11) is 2.10. The maximum atomic E-state index is 16.8. The molecule has 0 N–H and O–H groups in total. The van der Waals surface area contributed by atoms with E-state index in [0.29, 0.717) is 11.8 Å². The van der Waals surface area contributed by atoms with Gasteiger partial charge in [0.25, 0.3) is 0 Å². The van der Waals surface area contributed by atoms with Crippen molar-refractivity contribution in [3.63, 3.8) is 0 Å². The number of fused-ring (bicyclic) bond motifs is 2. The first-order chi connectivity index (χ1) is 27.2. The van der Waals surface area contributed by atoms with E-state index in [1.807, 2.05) is 0 Å². The largest absolute Gasteiger partial charge is 0.221 e. The molecule has 0 radical (unpaired) electrons. The zero-order chi connectivity index (χ0) is 40.3. The molecule has 3 unspecified atom stereocenters. The van der Waals surface area contributed by atoms with Crippen molar-refractivity contribution >= 4 is 21.5 Å². The number of nitrogens with zero attached hydrogens (tertiary/aromatic N) is 2. The van der Waals surface area contributed by atoms with Crippen LogP contribution in [0.15, 0.2) is 79.1 Å². The van der Waals surface area contributed by atoms with Gasteiger partial charge in [-0.1, -0.05) is 111 Å². The molecule has 0 amide bonds. The monoisotopic (exact) mass is 762 g/mol. The zero-order valence-corrected chi connectivity index (χ0v) is 35.8. The van der Waals surface area contributed by atoms with Gasteiger partial charge in [-0.3, -0.25) is 0 Å². The molecule has 2 aliphatic carbocycles. The van der Waals surface area contributed by atoms with E-state index in [0.717, 1.165) is 72.9 Å². The third-order valence-electron chi connectivity index (χ3n) is 15.0. The average molecular weight is 763 g/mol. The van der Waals surface area contributed by atoms with Crippen molar-refractivity contribution in [3.05, 3.63) is 130 Å². The standard InChI is InChI=1S/C53H60F2N2/c1-11-13-15-33-29-36-25-27-57-50-44(36)40(30-33)52(8,9)48-42(55)23-20-37(46(48)50)38(53(57,12-2)32(5)28-31(3)4)21-18-35-19-22-41(54)47-45(35)49-43-34(24-26-56(49)10)16-14-17-39(43)51(47,6)7/h14,16-17,19-20,22-27,29-32,38H,11-13,15,18,21,28H2,1-10H3/q+2. The molecule has 0 bridgehead atoms. The summed E-state index contributed by atoms with van der Waals surface area (Å²) in [4.78, 5) is 0. The highest BCUT2D eigenvalue weighted by Gasteiger charge is 2.58. The summed E-state index contributed by atoms with van der Waals surface area (Å²) in [5, 5.41) is 4.97. The van der Waals surface area contributed by atoms with Crippen molar-refractivity contribution in [2.75, 3.05) is 0 Å². The van der Waals surface area contributed by atoms with E-state index in [4.69, 9.17) is 0 Å². The molecule has 0 spiro atoms. The maximum Gasteiger partial charge on any atom is 0.221 e. The summed E-state index contributed by atoms with van der Waals surface area (Å²) in [6.45, 7) is 20.6. The third kappa shape index (κ3) is 5.23. The van der Waals surface area contributed by atoms with Crippen LogP contribution in [-0.2, 0) is 36.3 Å². The molecule has 4 aromatic carbocycles. The molecule has 3 atom stereocenters. The van der Waals surface area contributed by atoms with Crippen LogP contribution in [0.4, 0.5) is 8.78 Å². The fraction of sp³-hybridized carbons (Fsp3) is 0.434. The highest BCUT2D eigenvalue weighted by molar-refractivity contribution is 6.02. The molecule has 3 heterocycles. The Balaban J connectivity index is 1.29. The highest BCUT2D eigenvalue weighted by atomic mass is 19.1. The number of rotatable bonds is 10. The van der Waals surface area contributed by atoms with Crippen molar-refractivity contribution in [2.45, 2.75) is 130 Å². The second kappa shape index (κ2) is 13.3. The third-order valence-corrected chi connectivity index (χ3v) is 15.0. The van der Waals surface area contributed by atoms with E-state index >= 15 is 8.78 Å². The van der Waals surface area contributed by atoms with Crippen LogP contribution in [-0.4, -0.2) is 0 Å². The van der Waals surface area contributed by atoms with Gasteiger partial charge < -0.3 is 0 Å². The number of benzene rings is 4. The molecule has 6 aromatic rings. The normalized spacial score (nSPS) is 20.0. The Morgan fingerprint density at radius 1 is 0.719 bits per heavy atom. The number of hydrogen-bond acceptors (Lipinski definition) is 0. The number of aryl methyl sites for hydroxylation is 3. The van der Waals surface area contributed by atoms with Crippen LogP contribution in [0, 0.1) is 23.5 Å². The minimum atomic E-state index is -0.509. The van der Waals surface area contributed by atoms with E-state index in [9.17, 15) is 0 Å². The summed E-state index contributed by atoms with van der Waals surface area (Å²) in [5.41, 5.74) is 11.0. The predicted octanol–water partition coefficient (Wildman–Crippen LogP) is 12.9. The Labute approximate surface area is 339 Å². The molecule has 9 rings (SSSR count). The van der Waals surface area contributed by atoms with Gasteiger partial charge in [-0.2, -0.15) is 4.57 Å². The molecule has 2 aromatic heterocycles. The van der Waals surface area contributed by atoms with Crippen LogP contribution in [0.25, 0.3) is 44.1 Å². The molecule has 4 heteroatoms. The van der Waals surface area contributed by atoms with Gasteiger partial charge in [0.05, 0.1) is 27.8 Å². The average Bonchev–Trinajstić information content (AvgIpc) is 3.17. The first-order valence-electron chi connectivity index (χ1n) is 21.8. The summed E-state index contributed by atoms with van der Waals surface area (Å²) < 4.78 is 38.1. The van der Waals surface area contributed by atoms with Crippen molar-refractivity contribution < 1.29 is 17.9 Å². The Hall–Kier alpha value is -4.44. The second-order valence-electron chi connectivity index (χ2n) is 19.4. The van der Waals surface area contributed by atoms with Crippen LogP contribution >= 0.6 is 0 Å². The molecule has 0 saturated heterocycles. The number of pyridine rings is 2. The van der Waals surface area contributed by atoms with Crippen LogP contribution in [0.3, 0.4) is 0 Å². The highest BCUT2D eigenvalue weighted by Crippen LogP contribution is 2.58. The zero-order valence-electron chi connectivity index (χ0n) is 35.8. The van der Waals surface area contributed by atoms with E-state index in [-0.39, 0.29) is 23.1 Å². The molecule has 0 saturated carbocycles. The van der Waals surface area contributed by atoms with Gasteiger partial charge in [0.1, 0.15) is 18.7 Å². The molecule has 0 fully saturated rings. The SMILES string of the molecule is CCCCc1cc2c3c4[n+](ccc3c1)C(CC)(C(C)CC(C)C)C(CCc1ccc(F)c3c1-c1c5c(cccc5cc[n+]1C)C3(C)C)c1ccc(F)c(c1-4)C2(C)C. The molecule has 57 heavy (non-hydrogen) atoms. The van der Waals surface area contributed by atoms with Crippen LogP contribution in [0.1, 0.15) is 139 Å². The van der Waals surface area contributed by atoms with Crippen molar-refractivity contribution in [2.24, 2.45) is 18.9 Å². The second-order valence-corrected chi connectivity index (χ2v) is 19.4. The van der Waals surface area contributed by atoms with E-state index < -0.39 is 10.8 Å².